The third-order valence-electron chi connectivity index (χ3n) is 2.40. The molecule has 1 aromatic rings. The molecule has 0 saturated carbocycles. The van der Waals surface area contributed by atoms with Gasteiger partial charge in [-0.2, -0.15) is 0 Å². The average Bonchev–Trinajstić information content (AvgIpc) is 2.63. The molecule has 2 rings (SSSR count). The fourth-order valence-corrected chi connectivity index (χ4v) is 2.54. The Morgan fingerprint density at radius 2 is 2.36 bits per heavy atom. The number of aromatic nitrogens is 2. The van der Waals surface area contributed by atoms with Crippen LogP contribution >= 0.6 is 22.9 Å². The highest BCUT2D eigenvalue weighted by molar-refractivity contribution is 7.15. The second kappa shape index (κ2) is 5.05. The molecule has 1 saturated heterocycles. The Bertz CT molecular complexity index is 286. The van der Waals surface area contributed by atoms with E-state index in [1.807, 2.05) is 0 Å². The van der Waals surface area contributed by atoms with Crippen LogP contribution in [0.2, 0.25) is 4.47 Å². The molecule has 3 nitrogen and oxygen atoms in total. The van der Waals surface area contributed by atoms with Crippen molar-refractivity contribution in [3.05, 3.63) is 9.47 Å². The first kappa shape index (κ1) is 10.3. The van der Waals surface area contributed by atoms with Crippen molar-refractivity contribution in [1.29, 1.82) is 0 Å². The molecule has 0 amide bonds. The molecular formula is C9H13ClN2OS. The molecule has 1 aromatic heterocycles. The summed E-state index contributed by atoms with van der Waals surface area (Å²) in [5, 5.41) is 8.77. The number of hydrogen-bond acceptors (Lipinski definition) is 4. The zero-order valence-corrected chi connectivity index (χ0v) is 9.48. The molecule has 1 aliphatic heterocycles. The van der Waals surface area contributed by atoms with Crippen LogP contribution in [-0.4, -0.2) is 22.9 Å². The molecule has 0 N–H and O–H groups in total. The Morgan fingerprint density at radius 1 is 1.43 bits per heavy atom. The van der Waals surface area contributed by atoms with Gasteiger partial charge in [-0.25, -0.2) is 0 Å². The highest BCUT2D eigenvalue weighted by Crippen LogP contribution is 2.20. The lowest BCUT2D eigenvalue weighted by molar-refractivity contribution is 0.0115. The highest BCUT2D eigenvalue weighted by atomic mass is 35.5. The largest absolute Gasteiger partial charge is 0.378 e. The third kappa shape index (κ3) is 2.90. The zero-order chi connectivity index (χ0) is 9.80. The Hall–Kier alpha value is -0.190. The summed E-state index contributed by atoms with van der Waals surface area (Å²) in [5.41, 5.74) is 0. The average molecular weight is 233 g/mol. The van der Waals surface area contributed by atoms with Crippen molar-refractivity contribution in [3.8, 4) is 0 Å². The monoisotopic (exact) mass is 232 g/mol. The van der Waals surface area contributed by atoms with Gasteiger partial charge in [0, 0.05) is 13.0 Å². The molecule has 0 spiro atoms. The van der Waals surface area contributed by atoms with E-state index in [0.29, 0.717) is 10.6 Å². The van der Waals surface area contributed by atoms with Crippen molar-refractivity contribution >= 4 is 22.9 Å². The maximum Gasteiger partial charge on any atom is 0.207 e. The lowest BCUT2D eigenvalue weighted by atomic mass is 10.1. The van der Waals surface area contributed by atoms with E-state index in [1.165, 1.54) is 30.6 Å². The highest BCUT2D eigenvalue weighted by Gasteiger charge is 2.14. The maximum atomic E-state index is 5.70. The van der Waals surface area contributed by atoms with E-state index in [-0.39, 0.29) is 0 Å². The molecule has 5 heteroatoms. The van der Waals surface area contributed by atoms with Gasteiger partial charge in [0.1, 0.15) is 5.01 Å². The van der Waals surface area contributed by atoms with Gasteiger partial charge in [-0.15, -0.1) is 10.2 Å². The number of rotatable bonds is 3. The quantitative estimate of drug-likeness (QED) is 0.804. The fourth-order valence-electron chi connectivity index (χ4n) is 1.65. The Kier molecular flexibility index (Phi) is 3.73. The summed E-state index contributed by atoms with van der Waals surface area (Å²) in [7, 11) is 0. The van der Waals surface area contributed by atoms with Crippen LogP contribution in [0.3, 0.4) is 0 Å². The van der Waals surface area contributed by atoms with Crippen molar-refractivity contribution in [2.24, 2.45) is 0 Å². The van der Waals surface area contributed by atoms with Crippen LogP contribution in [0.25, 0.3) is 0 Å². The number of hydrogen-bond donors (Lipinski definition) is 0. The third-order valence-corrected chi connectivity index (χ3v) is 3.47. The topological polar surface area (TPSA) is 35.0 Å². The second-order valence-electron chi connectivity index (χ2n) is 3.48. The van der Waals surface area contributed by atoms with E-state index in [9.17, 15) is 0 Å². The molecule has 78 valence electrons. The summed E-state index contributed by atoms with van der Waals surface area (Å²) in [6, 6.07) is 0. The summed E-state index contributed by atoms with van der Waals surface area (Å²) < 4.78 is 6.16. The molecule has 1 aliphatic rings. The number of ether oxygens (including phenoxy) is 1. The normalized spacial score (nSPS) is 22.5. The van der Waals surface area contributed by atoms with Gasteiger partial charge in [-0.3, -0.25) is 0 Å². The molecule has 0 aliphatic carbocycles. The molecule has 2 heterocycles. The SMILES string of the molecule is Clc1nnc(CCC2CCCCO2)s1. The van der Waals surface area contributed by atoms with Gasteiger partial charge >= 0.3 is 0 Å². The van der Waals surface area contributed by atoms with Crippen LogP contribution in [0.1, 0.15) is 30.7 Å². The van der Waals surface area contributed by atoms with Gasteiger partial charge in [-0.05, 0) is 37.3 Å². The first-order chi connectivity index (χ1) is 6.84. The summed E-state index contributed by atoms with van der Waals surface area (Å²) in [5.74, 6) is 0. The number of halogens is 1. The van der Waals surface area contributed by atoms with Gasteiger partial charge in [0.05, 0.1) is 6.10 Å². The molecule has 0 aromatic carbocycles. The molecule has 0 radical (unpaired) electrons. The van der Waals surface area contributed by atoms with E-state index in [1.54, 1.807) is 0 Å². The van der Waals surface area contributed by atoms with Crippen LogP contribution < -0.4 is 0 Å². The first-order valence-electron chi connectivity index (χ1n) is 4.94. The first-order valence-corrected chi connectivity index (χ1v) is 6.13. The van der Waals surface area contributed by atoms with E-state index < -0.39 is 0 Å². The van der Waals surface area contributed by atoms with Crippen LogP contribution in [-0.2, 0) is 11.2 Å². The fraction of sp³-hybridized carbons (Fsp3) is 0.778. The van der Waals surface area contributed by atoms with Gasteiger partial charge in [0.25, 0.3) is 0 Å². The minimum Gasteiger partial charge on any atom is -0.378 e. The Labute approximate surface area is 92.4 Å². The molecule has 14 heavy (non-hydrogen) atoms. The molecule has 1 fully saturated rings. The maximum absolute atomic E-state index is 5.70. The van der Waals surface area contributed by atoms with Crippen molar-refractivity contribution < 1.29 is 4.74 Å². The summed E-state index contributed by atoms with van der Waals surface area (Å²) in [6.07, 6.45) is 6.10. The second-order valence-corrected chi connectivity index (χ2v) is 5.12. The van der Waals surface area contributed by atoms with Crippen LogP contribution in [0.4, 0.5) is 0 Å². The smallest absolute Gasteiger partial charge is 0.207 e. The number of nitrogens with zero attached hydrogens (tertiary/aromatic N) is 2. The minimum absolute atomic E-state index is 0.423. The van der Waals surface area contributed by atoms with Crippen molar-refractivity contribution in [1.82, 2.24) is 10.2 Å². The summed E-state index contributed by atoms with van der Waals surface area (Å²) in [4.78, 5) is 0. The van der Waals surface area contributed by atoms with Crippen LogP contribution in [0.15, 0.2) is 0 Å². The van der Waals surface area contributed by atoms with Crippen molar-refractivity contribution in [2.75, 3.05) is 6.61 Å². The standard InChI is InChI=1S/C9H13ClN2OS/c10-9-12-11-8(14-9)5-4-7-3-1-2-6-13-7/h7H,1-6H2. The molecule has 1 atom stereocenters. The molecule has 1 unspecified atom stereocenters. The minimum atomic E-state index is 0.423. The lowest BCUT2D eigenvalue weighted by Crippen LogP contribution is -2.19. The summed E-state index contributed by atoms with van der Waals surface area (Å²) >= 11 is 7.16. The Morgan fingerprint density at radius 3 is 3.00 bits per heavy atom. The van der Waals surface area contributed by atoms with Gasteiger partial charge in [-0.1, -0.05) is 11.3 Å². The van der Waals surface area contributed by atoms with Crippen LogP contribution in [0, 0.1) is 0 Å². The summed E-state index contributed by atoms with van der Waals surface area (Å²) in [6.45, 7) is 0.918. The van der Waals surface area contributed by atoms with Crippen molar-refractivity contribution in [3.63, 3.8) is 0 Å². The zero-order valence-electron chi connectivity index (χ0n) is 7.91. The molecular weight excluding hydrogens is 220 g/mol. The van der Waals surface area contributed by atoms with Gasteiger partial charge in [0.2, 0.25) is 4.47 Å². The van der Waals surface area contributed by atoms with E-state index >= 15 is 0 Å². The van der Waals surface area contributed by atoms with E-state index in [4.69, 9.17) is 16.3 Å². The van der Waals surface area contributed by atoms with Gasteiger partial charge < -0.3 is 4.74 Å². The van der Waals surface area contributed by atoms with Crippen LogP contribution in [0.5, 0.6) is 0 Å². The predicted octanol–water partition coefficient (Wildman–Crippen LogP) is 2.69. The van der Waals surface area contributed by atoms with Crippen molar-refractivity contribution in [2.45, 2.75) is 38.2 Å². The lowest BCUT2D eigenvalue weighted by Gasteiger charge is -2.21. The number of aryl methyl sites for hydroxylation is 1. The predicted molar refractivity (Wildman–Crippen MR) is 56.8 cm³/mol. The van der Waals surface area contributed by atoms with E-state index in [2.05, 4.69) is 10.2 Å². The van der Waals surface area contributed by atoms with Gasteiger partial charge in [0.15, 0.2) is 0 Å². The Balaban J connectivity index is 1.76. The van der Waals surface area contributed by atoms with E-state index in [0.717, 1.165) is 24.5 Å². The molecule has 0 bridgehead atoms.